The van der Waals surface area contributed by atoms with Crippen LogP contribution in [0.25, 0.3) is 0 Å². The minimum absolute atomic E-state index is 0.0233. The molecule has 1 aromatic heterocycles. The molecular formula is C12H14N2O5. The number of carbonyl (C=O) groups excluding carboxylic acids is 2. The van der Waals surface area contributed by atoms with Gasteiger partial charge in [-0.05, 0) is 25.8 Å². The first-order valence-corrected chi connectivity index (χ1v) is 6.03. The van der Waals surface area contributed by atoms with E-state index in [0.717, 1.165) is 18.9 Å². The van der Waals surface area contributed by atoms with Crippen LogP contribution in [0.15, 0.2) is 16.5 Å². The van der Waals surface area contributed by atoms with E-state index in [1.54, 1.807) is 4.90 Å². The first-order chi connectivity index (χ1) is 8.99. The standard InChI is InChI=1S/C12H14N2O5/c1-8(15)7-9-3-2-6-13(9)12(16)10-4-5-11(19-10)14(17)18/h4-5,9H,2-3,6-7H2,1H3. The third kappa shape index (κ3) is 2.81. The molecule has 2 heterocycles. The van der Waals surface area contributed by atoms with Crippen LogP contribution in [-0.4, -0.2) is 34.1 Å². The first kappa shape index (κ1) is 13.3. The predicted octanol–water partition coefficient (Wildman–Crippen LogP) is 1.77. The van der Waals surface area contributed by atoms with Crippen LogP contribution in [0.3, 0.4) is 0 Å². The lowest BCUT2D eigenvalue weighted by atomic mass is 10.1. The van der Waals surface area contributed by atoms with Gasteiger partial charge in [-0.25, -0.2) is 0 Å². The molecule has 1 aliphatic rings. The fourth-order valence-corrected chi connectivity index (χ4v) is 2.33. The Morgan fingerprint density at radius 3 is 2.84 bits per heavy atom. The molecule has 1 unspecified atom stereocenters. The summed E-state index contributed by atoms with van der Waals surface area (Å²) in [6.07, 6.45) is 1.91. The topological polar surface area (TPSA) is 93.7 Å². The number of ketones is 1. The van der Waals surface area contributed by atoms with E-state index >= 15 is 0 Å². The van der Waals surface area contributed by atoms with Gasteiger partial charge in [0.25, 0.3) is 5.91 Å². The zero-order valence-electron chi connectivity index (χ0n) is 10.5. The summed E-state index contributed by atoms with van der Waals surface area (Å²) in [7, 11) is 0. The van der Waals surface area contributed by atoms with E-state index in [0.29, 0.717) is 13.0 Å². The summed E-state index contributed by atoms with van der Waals surface area (Å²) in [5.41, 5.74) is 0. The molecule has 1 saturated heterocycles. The van der Waals surface area contributed by atoms with Gasteiger partial charge in [0.1, 0.15) is 10.7 Å². The Kier molecular flexibility index (Phi) is 3.64. The zero-order chi connectivity index (χ0) is 14.0. The fourth-order valence-electron chi connectivity index (χ4n) is 2.33. The van der Waals surface area contributed by atoms with Crippen molar-refractivity contribution in [2.75, 3.05) is 6.54 Å². The Morgan fingerprint density at radius 1 is 1.53 bits per heavy atom. The average molecular weight is 266 g/mol. The summed E-state index contributed by atoms with van der Waals surface area (Å²) in [6, 6.07) is 2.32. The van der Waals surface area contributed by atoms with Crippen molar-refractivity contribution in [1.82, 2.24) is 4.90 Å². The van der Waals surface area contributed by atoms with Gasteiger partial charge in [-0.15, -0.1) is 0 Å². The Labute approximate surface area is 109 Å². The van der Waals surface area contributed by atoms with Crippen LogP contribution in [0.5, 0.6) is 0 Å². The maximum absolute atomic E-state index is 12.2. The van der Waals surface area contributed by atoms with Gasteiger partial charge in [0.15, 0.2) is 5.76 Å². The van der Waals surface area contributed by atoms with E-state index in [1.807, 2.05) is 0 Å². The normalized spacial score (nSPS) is 18.6. The second-order valence-corrected chi connectivity index (χ2v) is 4.60. The van der Waals surface area contributed by atoms with Gasteiger partial charge >= 0.3 is 5.88 Å². The summed E-state index contributed by atoms with van der Waals surface area (Å²) in [5, 5.41) is 10.5. The van der Waals surface area contributed by atoms with Crippen molar-refractivity contribution in [3.05, 3.63) is 28.0 Å². The number of nitro groups is 1. The van der Waals surface area contributed by atoms with E-state index in [4.69, 9.17) is 4.42 Å². The molecule has 2 rings (SSSR count). The Bertz CT molecular complexity index is 522. The van der Waals surface area contributed by atoms with Crippen molar-refractivity contribution in [1.29, 1.82) is 0 Å². The molecule has 1 aliphatic heterocycles. The van der Waals surface area contributed by atoms with Gasteiger partial charge in [-0.1, -0.05) is 0 Å². The molecule has 0 aromatic carbocycles. The molecule has 0 aliphatic carbocycles. The minimum atomic E-state index is -0.687. The van der Waals surface area contributed by atoms with Crippen LogP contribution in [0.4, 0.5) is 5.88 Å². The summed E-state index contributed by atoms with van der Waals surface area (Å²) < 4.78 is 4.90. The van der Waals surface area contributed by atoms with Crippen LogP contribution in [-0.2, 0) is 4.79 Å². The van der Waals surface area contributed by atoms with Crippen LogP contribution < -0.4 is 0 Å². The van der Waals surface area contributed by atoms with Crippen molar-refractivity contribution in [2.24, 2.45) is 0 Å². The molecule has 1 atom stereocenters. The van der Waals surface area contributed by atoms with Crippen molar-refractivity contribution in [2.45, 2.75) is 32.2 Å². The van der Waals surface area contributed by atoms with E-state index < -0.39 is 16.7 Å². The van der Waals surface area contributed by atoms with E-state index in [2.05, 4.69) is 0 Å². The largest absolute Gasteiger partial charge is 0.433 e. The zero-order valence-corrected chi connectivity index (χ0v) is 10.5. The molecule has 1 amide bonds. The monoisotopic (exact) mass is 266 g/mol. The smallest absolute Gasteiger partial charge is 0.395 e. The average Bonchev–Trinajstić information content (AvgIpc) is 2.95. The molecule has 0 N–H and O–H groups in total. The summed E-state index contributed by atoms with van der Waals surface area (Å²) in [5.74, 6) is -0.875. The van der Waals surface area contributed by atoms with Gasteiger partial charge in [-0.3, -0.25) is 19.7 Å². The van der Waals surface area contributed by atoms with Crippen LogP contribution in [0, 0.1) is 10.1 Å². The summed E-state index contributed by atoms with van der Waals surface area (Å²) in [6.45, 7) is 2.03. The van der Waals surface area contributed by atoms with Gasteiger partial charge in [0.2, 0.25) is 0 Å². The number of carbonyl (C=O) groups is 2. The second-order valence-electron chi connectivity index (χ2n) is 4.60. The molecule has 1 fully saturated rings. The summed E-state index contributed by atoms with van der Waals surface area (Å²) in [4.78, 5) is 34.7. The highest BCUT2D eigenvalue weighted by Crippen LogP contribution is 2.24. The highest BCUT2D eigenvalue weighted by Gasteiger charge is 2.32. The maximum Gasteiger partial charge on any atom is 0.433 e. The predicted molar refractivity (Wildman–Crippen MR) is 64.7 cm³/mol. The molecule has 102 valence electrons. The third-order valence-corrected chi connectivity index (χ3v) is 3.14. The van der Waals surface area contributed by atoms with Gasteiger partial charge < -0.3 is 9.32 Å². The number of hydrogen-bond donors (Lipinski definition) is 0. The van der Waals surface area contributed by atoms with E-state index in [-0.39, 0.29) is 17.6 Å². The molecule has 7 nitrogen and oxygen atoms in total. The van der Waals surface area contributed by atoms with E-state index in [9.17, 15) is 19.7 Å². The van der Waals surface area contributed by atoms with Crippen molar-refractivity contribution < 1.29 is 18.9 Å². The number of rotatable bonds is 4. The Hall–Kier alpha value is -2.18. The maximum atomic E-state index is 12.2. The highest BCUT2D eigenvalue weighted by molar-refractivity contribution is 5.92. The number of likely N-dealkylation sites (tertiary alicyclic amines) is 1. The fraction of sp³-hybridized carbons (Fsp3) is 0.500. The molecule has 0 spiro atoms. The lowest BCUT2D eigenvalue weighted by Crippen LogP contribution is -2.36. The van der Waals surface area contributed by atoms with Gasteiger partial charge in [-0.2, -0.15) is 0 Å². The van der Waals surface area contributed by atoms with Crippen LogP contribution in [0.1, 0.15) is 36.7 Å². The number of amides is 1. The highest BCUT2D eigenvalue weighted by atomic mass is 16.6. The third-order valence-electron chi connectivity index (χ3n) is 3.14. The van der Waals surface area contributed by atoms with Crippen LogP contribution in [0.2, 0.25) is 0 Å². The van der Waals surface area contributed by atoms with Crippen molar-refractivity contribution in [3.8, 4) is 0 Å². The summed E-state index contributed by atoms with van der Waals surface area (Å²) >= 11 is 0. The van der Waals surface area contributed by atoms with Crippen LogP contribution >= 0.6 is 0 Å². The van der Waals surface area contributed by atoms with Crippen molar-refractivity contribution in [3.63, 3.8) is 0 Å². The molecule has 0 radical (unpaired) electrons. The number of hydrogen-bond acceptors (Lipinski definition) is 5. The van der Waals surface area contributed by atoms with Gasteiger partial charge in [0, 0.05) is 19.0 Å². The lowest BCUT2D eigenvalue weighted by Gasteiger charge is -2.22. The first-order valence-electron chi connectivity index (χ1n) is 6.03. The SMILES string of the molecule is CC(=O)CC1CCCN1C(=O)c1ccc([N+](=O)[O-])o1. The second kappa shape index (κ2) is 5.21. The Morgan fingerprint density at radius 2 is 2.26 bits per heavy atom. The molecule has 7 heteroatoms. The van der Waals surface area contributed by atoms with Crippen molar-refractivity contribution >= 4 is 17.6 Å². The van der Waals surface area contributed by atoms with Gasteiger partial charge in [0.05, 0.1) is 6.07 Å². The molecule has 0 saturated carbocycles. The number of furan rings is 1. The minimum Gasteiger partial charge on any atom is -0.395 e. The molecular weight excluding hydrogens is 252 g/mol. The lowest BCUT2D eigenvalue weighted by molar-refractivity contribution is -0.402. The number of Topliss-reactive ketones (excluding diaryl/α,β-unsaturated/α-hetero) is 1. The molecule has 0 bridgehead atoms. The molecule has 1 aromatic rings. The Balaban J connectivity index is 2.13. The van der Waals surface area contributed by atoms with E-state index in [1.165, 1.54) is 13.0 Å². The quantitative estimate of drug-likeness (QED) is 0.611. The molecule has 19 heavy (non-hydrogen) atoms. The number of nitrogens with zero attached hydrogens (tertiary/aromatic N) is 2.